The predicted molar refractivity (Wildman–Crippen MR) is 74.1 cm³/mol. The van der Waals surface area contributed by atoms with Gasteiger partial charge in [0.2, 0.25) is 0 Å². The van der Waals surface area contributed by atoms with Crippen molar-refractivity contribution in [3.63, 3.8) is 0 Å². The molecular weight excluding hydrogens is 366 g/mol. The summed E-state index contributed by atoms with van der Waals surface area (Å²) in [5, 5.41) is 18.2. The van der Waals surface area contributed by atoms with Crippen molar-refractivity contribution in [1.82, 2.24) is 0 Å². The van der Waals surface area contributed by atoms with Crippen LogP contribution in [0.15, 0.2) is 0 Å². The summed E-state index contributed by atoms with van der Waals surface area (Å²) in [6.45, 7) is -0.975. The van der Waals surface area contributed by atoms with Crippen LogP contribution in [-0.2, 0) is 28.4 Å². The lowest BCUT2D eigenvalue weighted by Crippen LogP contribution is -2.58. The molecular formula is C14H17F2O8S-. The summed E-state index contributed by atoms with van der Waals surface area (Å²) in [5.41, 5.74) is -0.712. The van der Waals surface area contributed by atoms with E-state index >= 15 is 0 Å². The van der Waals surface area contributed by atoms with Crippen molar-refractivity contribution in [2.75, 3.05) is 6.61 Å². The first-order chi connectivity index (χ1) is 11.7. The lowest BCUT2D eigenvalue weighted by Gasteiger charge is -2.57. The van der Waals surface area contributed by atoms with Gasteiger partial charge in [-0.15, -0.1) is 0 Å². The van der Waals surface area contributed by atoms with Gasteiger partial charge in [0, 0.05) is 0 Å². The second kappa shape index (κ2) is 6.95. The van der Waals surface area contributed by atoms with E-state index in [0.717, 1.165) is 12.8 Å². The fourth-order valence-corrected chi connectivity index (χ4v) is 4.86. The highest BCUT2D eigenvalue weighted by molar-refractivity contribution is 7.96. The molecule has 4 saturated carbocycles. The molecule has 0 aromatic carbocycles. The number of hydrogen-bond donors (Lipinski definition) is 1. The number of carbonyl (C=O) groups is 2. The molecule has 0 aromatic heterocycles. The van der Waals surface area contributed by atoms with E-state index < -0.39 is 41.4 Å². The highest BCUT2D eigenvalue weighted by Crippen LogP contribution is 2.57. The Morgan fingerprint density at radius 1 is 1.24 bits per heavy atom. The molecule has 2 unspecified atom stereocenters. The summed E-state index contributed by atoms with van der Waals surface area (Å²) < 4.78 is 39.4. The van der Waals surface area contributed by atoms with E-state index in [2.05, 4.69) is 14.1 Å². The van der Waals surface area contributed by atoms with Crippen LogP contribution in [0.3, 0.4) is 0 Å². The number of hydrogen-bond acceptors (Lipinski definition) is 9. The highest BCUT2D eigenvalue weighted by Gasteiger charge is 2.57. The molecule has 0 spiro atoms. The normalized spacial score (nSPS) is 36.3. The standard InChI is InChI=1S/C14H18F2O8S/c15-14(16,25-24-23-20)12(19)21-6-10(17)22-13-3-7-1-8(4-13)11(18)9(2-7)5-13/h7-9,11,18,20H,1-6H2/p-1. The first kappa shape index (κ1) is 18.8. The Balaban J connectivity index is 1.51. The molecule has 11 heteroatoms. The summed E-state index contributed by atoms with van der Waals surface area (Å²) in [6, 6.07) is 0. The average Bonchev–Trinajstić information content (AvgIpc) is 2.54. The minimum atomic E-state index is -4.20. The smallest absolute Gasteiger partial charge is 0.415 e. The van der Waals surface area contributed by atoms with Gasteiger partial charge in [-0.25, -0.2) is 9.59 Å². The van der Waals surface area contributed by atoms with Gasteiger partial charge < -0.3 is 19.8 Å². The number of esters is 2. The van der Waals surface area contributed by atoms with Crippen LogP contribution in [0.25, 0.3) is 0 Å². The fourth-order valence-electron chi connectivity index (χ4n) is 4.62. The molecule has 0 amide bonds. The summed E-state index contributed by atoms with van der Waals surface area (Å²) in [4.78, 5) is 23.1. The quantitative estimate of drug-likeness (QED) is 0.290. The molecule has 1 N–H and O–H groups in total. The van der Waals surface area contributed by atoms with E-state index in [4.69, 9.17) is 4.74 Å². The van der Waals surface area contributed by atoms with Crippen LogP contribution in [0.5, 0.6) is 0 Å². The third-order valence-electron chi connectivity index (χ3n) is 5.22. The molecule has 0 saturated heterocycles. The lowest BCUT2D eigenvalue weighted by atomic mass is 9.53. The zero-order valence-corrected chi connectivity index (χ0v) is 13.8. The van der Waals surface area contributed by atoms with E-state index in [1.165, 1.54) is 0 Å². The summed E-state index contributed by atoms with van der Waals surface area (Å²) in [5.74, 6) is -2.45. The maximum atomic E-state index is 13.2. The van der Waals surface area contributed by atoms with Gasteiger partial charge in [0.1, 0.15) is 17.6 Å². The second-order valence-electron chi connectivity index (χ2n) is 6.93. The van der Waals surface area contributed by atoms with Crippen molar-refractivity contribution < 1.29 is 47.6 Å². The number of ether oxygens (including phenoxy) is 2. The average molecular weight is 383 g/mol. The van der Waals surface area contributed by atoms with Gasteiger partial charge in [-0.05, 0) is 49.9 Å². The summed E-state index contributed by atoms with van der Waals surface area (Å²) in [7, 11) is 0. The van der Waals surface area contributed by atoms with E-state index in [0.29, 0.717) is 25.2 Å². The van der Waals surface area contributed by atoms with Gasteiger partial charge in [0.15, 0.2) is 6.61 Å². The van der Waals surface area contributed by atoms with E-state index in [1.54, 1.807) is 0 Å². The number of rotatable bonds is 7. The Hall–Kier alpha value is -1.01. The van der Waals surface area contributed by atoms with Gasteiger partial charge in [-0.3, -0.25) is 5.04 Å². The summed E-state index contributed by atoms with van der Waals surface area (Å²) >= 11 is -0.829. The van der Waals surface area contributed by atoms with Crippen LogP contribution in [0.2, 0.25) is 0 Å². The maximum absolute atomic E-state index is 13.2. The van der Waals surface area contributed by atoms with Gasteiger partial charge >= 0.3 is 17.2 Å². The third kappa shape index (κ3) is 3.90. The molecule has 2 atom stereocenters. The molecule has 0 heterocycles. The minimum Gasteiger partial charge on any atom is -0.691 e. The van der Waals surface area contributed by atoms with Crippen LogP contribution in [0.1, 0.15) is 32.1 Å². The maximum Gasteiger partial charge on any atom is 0.415 e. The Morgan fingerprint density at radius 3 is 2.48 bits per heavy atom. The Kier molecular flexibility index (Phi) is 5.22. The largest absolute Gasteiger partial charge is 0.691 e. The number of halogens is 2. The molecule has 25 heavy (non-hydrogen) atoms. The van der Waals surface area contributed by atoms with Crippen molar-refractivity contribution in [2.24, 2.45) is 17.8 Å². The van der Waals surface area contributed by atoms with Gasteiger partial charge in [-0.2, -0.15) is 13.1 Å². The zero-order chi connectivity index (χ0) is 18.2. The topological polar surface area (TPSA) is 114 Å². The molecule has 0 radical (unpaired) electrons. The van der Waals surface area contributed by atoms with Crippen molar-refractivity contribution in [1.29, 1.82) is 0 Å². The first-order valence-corrected chi connectivity index (χ1v) is 8.58. The molecule has 0 aliphatic heterocycles. The van der Waals surface area contributed by atoms with Gasteiger partial charge in [-0.1, -0.05) is 0 Å². The Morgan fingerprint density at radius 2 is 1.88 bits per heavy atom. The molecule has 4 bridgehead atoms. The van der Waals surface area contributed by atoms with Crippen LogP contribution < -0.4 is 5.26 Å². The number of carbonyl (C=O) groups excluding carboxylic acids is 2. The molecule has 4 fully saturated rings. The van der Waals surface area contributed by atoms with Gasteiger partial charge in [0.05, 0.1) is 6.10 Å². The van der Waals surface area contributed by atoms with E-state index in [1.807, 2.05) is 0 Å². The molecule has 0 aromatic rings. The lowest BCUT2D eigenvalue weighted by molar-refractivity contribution is -0.777. The molecule has 4 rings (SSSR count). The minimum absolute atomic E-state index is 0.0755. The van der Waals surface area contributed by atoms with Crippen LogP contribution in [0.4, 0.5) is 8.78 Å². The SMILES string of the molecule is O=C(COC(=O)C(F)(F)SOO[O-])OC12CC3CC(C1)C(O)C(C3)C2. The number of alkyl halides is 2. The van der Waals surface area contributed by atoms with E-state index in [-0.39, 0.29) is 17.9 Å². The van der Waals surface area contributed by atoms with Crippen LogP contribution >= 0.6 is 12.0 Å². The first-order valence-electron chi connectivity index (χ1n) is 7.84. The molecule has 4 aliphatic rings. The molecule has 8 nitrogen and oxygen atoms in total. The number of aliphatic hydroxyl groups excluding tert-OH is 1. The molecule has 142 valence electrons. The van der Waals surface area contributed by atoms with Gasteiger partial charge in [0.25, 0.3) is 0 Å². The monoisotopic (exact) mass is 383 g/mol. The zero-order valence-electron chi connectivity index (χ0n) is 13.0. The van der Waals surface area contributed by atoms with Crippen molar-refractivity contribution in [2.45, 2.75) is 49.1 Å². The fraction of sp³-hybridized carbons (Fsp3) is 0.857. The van der Waals surface area contributed by atoms with Crippen molar-refractivity contribution in [3.05, 3.63) is 0 Å². The second-order valence-corrected chi connectivity index (χ2v) is 7.75. The third-order valence-corrected chi connectivity index (χ3v) is 5.72. The van der Waals surface area contributed by atoms with Crippen LogP contribution in [0, 0.1) is 17.8 Å². The Labute approximate surface area is 145 Å². The number of aliphatic hydroxyl groups is 1. The van der Waals surface area contributed by atoms with Crippen LogP contribution in [-0.4, -0.2) is 40.6 Å². The highest BCUT2D eigenvalue weighted by atomic mass is 32.2. The summed E-state index contributed by atoms with van der Waals surface area (Å²) in [6.07, 6.45) is 3.14. The Bertz CT molecular complexity index is 529. The van der Waals surface area contributed by atoms with Crippen molar-refractivity contribution in [3.8, 4) is 0 Å². The predicted octanol–water partition coefficient (Wildman–Crippen LogP) is 0.477. The van der Waals surface area contributed by atoms with E-state index in [9.17, 15) is 28.7 Å². The molecule has 4 aliphatic carbocycles. The van der Waals surface area contributed by atoms with Crippen molar-refractivity contribution >= 4 is 24.0 Å².